The molecule has 0 radical (unpaired) electrons. The molecule has 1 saturated heterocycles. The number of ether oxygens (including phenoxy) is 1. The number of amides is 1. The maximum atomic E-state index is 12.0. The minimum atomic E-state index is -0.394. The van der Waals surface area contributed by atoms with Crippen LogP contribution in [0.3, 0.4) is 0 Å². The first-order chi connectivity index (χ1) is 8.54. The molecular weight excluding hydrogens is 300 g/mol. The summed E-state index contributed by atoms with van der Waals surface area (Å²) in [6, 6.07) is 1.83. The van der Waals surface area contributed by atoms with Crippen LogP contribution in [0, 0.1) is 12.8 Å². The van der Waals surface area contributed by atoms with Crippen LogP contribution >= 0.6 is 15.9 Å². The largest absolute Gasteiger partial charge is 0.469 e. The molecule has 0 saturated carbocycles. The quantitative estimate of drug-likeness (QED) is 0.616. The van der Waals surface area contributed by atoms with Gasteiger partial charge in [-0.2, -0.15) is 0 Å². The van der Waals surface area contributed by atoms with Crippen LogP contribution in [0.25, 0.3) is 0 Å². The van der Waals surface area contributed by atoms with E-state index in [4.69, 9.17) is 0 Å². The number of methoxy groups -OCH3 is 1. The number of hydrogen-bond donors (Lipinski definition) is 0. The number of anilines is 1. The van der Waals surface area contributed by atoms with Gasteiger partial charge in [0.25, 0.3) is 0 Å². The van der Waals surface area contributed by atoms with E-state index in [0.717, 1.165) is 11.3 Å². The molecule has 1 amide bonds. The summed E-state index contributed by atoms with van der Waals surface area (Å²) in [6.07, 6.45) is 1.86. The highest BCUT2D eigenvalue weighted by Gasteiger charge is 2.37. The van der Waals surface area contributed by atoms with Crippen molar-refractivity contribution in [1.29, 1.82) is 0 Å². The van der Waals surface area contributed by atoms with E-state index < -0.39 is 5.92 Å². The Morgan fingerprint density at radius 3 is 2.94 bits per heavy atom. The van der Waals surface area contributed by atoms with Gasteiger partial charge in [0.1, 0.15) is 4.60 Å². The highest BCUT2D eigenvalue weighted by Crippen LogP contribution is 2.33. The van der Waals surface area contributed by atoms with Crippen LogP contribution in [0.2, 0.25) is 0 Å². The van der Waals surface area contributed by atoms with Crippen LogP contribution in [0.15, 0.2) is 16.9 Å². The van der Waals surface area contributed by atoms with Crippen molar-refractivity contribution in [3.63, 3.8) is 0 Å². The van der Waals surface area contributed by atoms with Crippen LogP contribution in [-0.2, 0) is 14.3 Å². The van der Waals surface area contributed by atoms with Gasteiger partial charge in [0.05, 0.1) is 18.7 Å². The first-order valence-corrected chi connectivity index (χ1v) is 6.33. The monoisotopic (exact) mass is 312 g/mol. The van der Waals surface area contributed by atoms with Gasteiger partial charge in [-0.3, -0.25) is 9.59 Å². The van der Waals surface area contributed by atoms with Gasteiger partial charge in [-0.15, -0.1) is 0 Å². The lowest BCUT2D eigenvalue weighted by molar-refractivity contribution is -0.145. The number of aromatic nitrogens is 1. The normalized spacial score (nSPS) is 19.2. The number of aryl methyl sites for hydroxylation is 1. The summed E-state index contributed by atoms with van der Waals surface area (Å²) in [6.45, 7) is 2.25. The van der Waals surface area contributed by atoms with E-state index in [1.54, 1.807) is 11.1 Å². The van der Waals surface area contributed by atoms with E-state index in [2.05, 4.69) is 25.7 Å². The van der Waals surface area contributed by atoms with Crippen LogP contribution in [0.1, 0.15) is 12.0 Å². The fourth-order valence-electron chi connectivity index (χ4n) is 2.09. The maximum absolute atomic E-state index is 12.0. The second kappa shape index (κ2) is 5.06. The maximum Gasteiger partial charge on any atom is 0.311 e. The molecule has 0 spiro atoms. The Labute approximate surface area is 113 Å². The van der Waals surface area contributed by atoms with Crippen molar-refractivity contribution in [3.05, 3.63) is 22.4 Å². The average Bonchev–Trinajstić information content (AvgIpc) is 2.70. The smallest absolute Gasteiger partial charge is 0.311 e. The van der Waals surface area contributed by atoms with Crippen LogP contribution in [-0.4, -0.2) is 30.5 Å². The van der Waals surface area contributed by atoms with Gasteiger partial charge in [0.2, 0.25) is 5.91 Å². The van der Waals surface area contributed by atoms with Crippen LogP contribution in [0.4, 0.5) is 5.69 Å². The van der Waals surface area contributed by atoms with Gasteiger partial charge >= 0.3 is 5.97 Å². The lowest BCUT2D eigenvalue weighted by atomic mass is 10.1. The van der Waals surface area contributed by atoms with Crippen molar-refractivity contribution in [2.45, 2.75) is 13.3 Å². The van der Waals surface area contributed by atoms with Crippen molar-refractivity contribution in [2.24, 2.45) is 5.92 Å². The van der Waals surface area contributed by atoms with Gasteiger partial charge in [-0.1, -0.05) is 0 Å². The molecule has 1 aliphatic heterocycles. The minimum Gasteiger partial charge on any atom is -0.469 e. The predicted octanol–water partition coefficient (Wildman–Crippen LogP) is 1.68. The number of carbonyl (C=O) groups is 2. The zero-order valence-electron chi connectivity index (χ0n) is 10.1. The highest BCUT2D eigenvalue weighted by atomic mass is 79.9. The van der Waals surface area contributed by atoms with Gasteiger partial charge in [-0.05, 0) is 34.5 Å². The van der Waals surface area contributed by atoms with E-state index in [1.165, 1.54) is 7.11 Å². The summed E-state index contributed by atoms with van der Waals surface area (Å²) >= 11 is 3.34. The molecule has 0 bridgehead atoms. The first-order valence-electron chi connectivity index (χ1n) is 5.54. The summed E-state index contributed by atoms with van der Waals surface area (Å²) in [7, 11) is 1.33. The molecular formula is C12H13BrN2O3. The van der Waals surface area contributed by atoms with Crippen molar-refractivity contribution < 1.29 is 14.3 Å². The van der Waals surface area contributed by atoms with Crippen LogP contribution in [0.5, 0.6) is 0 Å². The van der Waals surface area contributed by atoms with Crippen LogP contribution < -0.4 is 4.90 Å². The third-order valence-electron chi connectivity index (χ3n) is 3.01. The molecule has 1 fully saturated rings. The molecule has 2 rings (SSSR count). The highest BCUT2D eigenvalue weighted by molar-refractivity contribution is 9.10. The van der Waals surface area contributed by atoms with E-state index in [0.29, 0.717) is 11.1 Å². The molecule has 18 heavy (non-hydrogen) atoms. The van der Waals surface area contributed by atoms with E-state index in [1.807, 2.05) is 13.0 Å². The van der Waals surface area contributed by atoms with Crippen molar-refractivity contribution in [2.75, 3.05) is 18.6 Å². The number of halogens is 1. The Hall–Kier alpha value is -1.43. The Kier molecular flexibility index (Phi) is 3.65. The lowest BCUT2D eigenvalue weighted by Gasteiger charge is -2.19. The molecule has 0 aromatic carbocycles. The summed E-state index contributed by atoms with van der Waals surface area (Å²) < 4.78 is 5.29. The fraction of sp³-hybridized carbons (Fsp3) is 0.417. The van der Waals surface area contributed by atoms with Crippen molar-refractivity contribution in [1.82, 2.24) is 4.98 Å². The Bertz CT molecular complexity index is 484. The molecule has 1 unspecified atom stereocenters. The molecule has 1 aromatic heterocycles. The topological polar surface area (TPSA) is 59.5 Å². The number of pyridine rings is 1. The molecule has 1 atom stereocenters. The number of hydrogen-bond acceptors (Lipinski definition) is 4. The first kappa shape index (κ1) is 13.0. The molecule has 5 nitrogen and oxygen atoms in total. The zero-order chi connectivity index (χ0) is 13.3. The molecule has 96 valence electrons. The SMILES string of the molecule is COC(=O)C1CC(=O)N(c2c(C)ccnc2Br)C1. The zero-order valence-corrected chi connectivity index (χ0v) is 11.7. The Morgan fingerprint density at radius 1 is 1.61 bits per heavy atom. The summed E-state index contributed by atoms with van der Waals surface area (Å²) in [5.74, 6) is -0.820. The third-order valence-corrected chi connectivity index (χ3v) is 3.59. The van der Waals surface area contributed by atoms with Gasteiger partial charge in [0.15, 0.2) is 0 Å². The number of carbonyl (C=O) groups excluding carboxylic acids is 2. The van der Waals surface area contributed by atoms with Gasteiger partial charge < -0.3 is 9.64 Å². The number of nitrogens with zero attached hydrogens (tertiary/aromatic N) is 2. The molecule has 6 heteroatoms. The average molecular weight is 313 g/mol. The standard InChI is InChI=1S/C12H13BrN2O3/c1-7-3-4-14-11(13)10(7)15-6-8(5-9(15)16)12(17)18-2/h3-4,8H,5-6H2,1-2H3. The summed E-state index contributed by atoms with van der Waals surface area (Å²) in [5.41, 5.74) is 1.67. The molecule has 1 aromatic rings. The fourth-order valence-corrected chi connectivity index (χ4v) is 2.73. The molecule has 2 heterocycles. The number of esters is 1. The van der Waals surface area contributed by atoms with E-state index in [9.17, 15) is 9.59 Å². The van der Waals surface area contributed by atoms with Gasteiger partial charge in [-0.25, -0.2) is 4.98 Å². The van der Waals surface area contributed by atoms with Crippen molar-refractivity contribution in [3.8, 4) is 0 Å². The second-order valence-corrected chi connectivity index (χ2v) is 4.95. The second-order valence-electron chi connectivity index (χ2n) is 4.20. The molecule has 1 aliphatic rings. The number of rotatable bonds is 2. The molecule has 0 aliphatic carbocycles. The minimum absolute atomic E-state index is 0.0813. The van der Waals surface area contributed by atoms with E-state index >= 15 is 0 Å². The van der Waals surface area contributed by atoms with E-state index in [-0.39, 0.29) is 18.3 Å². The lowest BCUT2D eigenvalue weighted by Crippen LogP contribution is -2.27. The van der Waals surface area contributed by atoms with Gasteiger partial charge in [0, 0.05) is 19.2 Å². The Balaban J connectivity index is 2.30. The summed E-state index contributed by atoms with van der Waals surface area (Å²) in [5, 5.41) is 0. The molecule has 0 N–H and O–H groups in total. The van der Waals surface area contributed by atoms with Crippen molar-refractivity contribution >= 4 is 33.5 Å². The Morgan fingerprint density at radius 2 is 2.33 bits per heavy atom. The third kappa shape index (κ3) is 2.25. The predicted molar refractivity (Wildman–Crippen MR) is 69.2 cm³/mol. The summed E-state index contributed by atoms with van der Waals surface area (Å²) in [4.78, 5) is 29.2.